The number of nitrogens with zero attached hydrogens (tertiary/aromatic N) is 2. The second kappa shape index (κ2) is 6.68. The zero-order valence-corrected chi connectivity index (χ0v) is 14.2. The van der Waals surface area contributed by atoms with E-state index < -0.39 is 11.6 Å². The minimum Gasteiger partial charge on any atom is -0.372 e. The Morgan fingerprint density at radius 1 is 1.30 bits per heavy atom. The van der Waals surface area contributed by atoms with Gasteiger partial charge in [0.1, 0.15) is 11.6 Å². The Morgan fingerprint density at radius 2 is 2.09 bits per heavy atom. The van der Waals surface area contributed by atoms with Crippen LogP contribution in [0.3, 0.4) is 0 Å². The van der Waals surface area contributed by atoms with Crippen LogP contribution in [0.15, 0.2) is 18.2 Å². The van der Waals surface area contributed by atoms with Gasteiger partial charge in [-0.25, -0.2) is 0 Å². The molecular weight excluding hydrogens is 335 g/mol. The molecule has 1 spiro atoms. The summed E-state index contributed by atoms with van der Waals surface area (Å²) in [6.07, 6.45) is 4.49. The largest absolute Gasteiger partial charge is 0.372 e. The fraction of sp³-hybridized carbons (Fsp3) is 0.529. The third kappa shape index (κ3) is 2.94. The molecule has 0 unspecified atom stereocenters. The number of halogens is 2. The summed E-state index contributed by atoms with van der Waals surface area (Å²) in [7, 11) is 0. The van der Waals surface area contributed by atoms with Crippen molar-refractivity contribution >= 4 is 29.1 Å². The zero-order valence-electron chi connectivity index (χ0n) is 12.7. The van der Waals surface area contributed by atoms with Crippen LogP contribution < -0.4 is 0 Å². The molecule has 2 atom stereocenters. The average molecular weight is 353 g/mol. The summed E-state index contributed by atoms with van der Waals surface area (Å²) in [6.45, 7) is 1.18. The van der Waals surface area contributed by atoms with Crippen LogP contribution in [0.4, 0.5) is 0 Å². The van der Waals surface area contributed by atoms with Crippen LogP contribution in [0.2, 0.25) is 10.0 Å². The molecule has 2 aliphatic rings. The lowest BCUT2D eigenvalue weighted by atomic mass is 9.79. The first kappa shape index (κ1) is 16.6. The van der Waals surface area contributed by atoms with E-state index in [9.17, 15) is 10.1 Å². The molecule has 0 bridgehead atoms. The summed E-state index contributed by atoms with van der Waals surface area (Å²) < 4.78 is 6.00. The van der Waals surface area contributed by atoms with Crippen LogP contribution in [0.1, 0.15) is 42.5 Å². The fourth-order valence-corrected chi connectivity index (χ4v) is 4.00. The van der Waals surface area contributed by atoms with Crippen LogP contribution in [0.25, 0.3) is 0 Å². The van der Waals surface area contributed by atoms with E-state index in [1.807, 2.05) is 0 Å². The number of piperidine rings is 1. The van der Waals surface area contributed by atoms with Crippen molar-refractivity contribution < 1.29 is 9.53 Å². The van der Waals surface area contributed by atoms with Gasteiger partial charge in [0.25, 0.3) is 5.91 Å². The number of carbonyl (C=O) groups excluding carboxylic acids is 1. The quantitative estimate of drug-likeness (QED) is 0.765. The van der Waals surface area contributed by atoms with Crippen molar-refractivity contribution in [2.45, 2.75) is 43.7 Å². The van der Waals surface area contributed by atoms with Crippen molar-refractivity contribution in [3.8, 4) is 6.07 Å². The van der Waals surface area contributed by atoms with Crippen molar-refractivity contribution in [3.05, 3.63) is 33.8 Å². The van der Waals surface area contributed by atoms with Gasteiger partial charge in [-0.1, -0.05) is 29.3 Å². The molecule has 0 radical (unpaired) electrons. The number of carbonyl (C=O) groups is 1. The summed E-state index contributed by atoms with van der Waals surface area (Å²) in [5, 5.41) is 10.3. The lowest BCUT2D eigenvalue weighted by Gasteiger charge is -2.48. The number of hydrogen-bond acceptors (Lipinski definition) is 3. The zero-order chi connectivity index (χ0) is 16.4. The van der Waals surface area contributed by atoms with Gasteiger partial charge < -0.3 is 9.64 Å². The Balaban J connectivity index is 1.93. The van der Waals surface area contributed by atoms with Gasteiger partial charge in [-0.2, -0.15) is 5.26 Å². The lowest BCUT2D eigenvalue weighted by Crippen LogP contribution is -2.60. The summed E-state index contributed by atoms with van der Waals surface area (Å²) in [5.74, 6) is -0.253. The average Bonchev–Trinajstić information content (AvgIpc) is 2.57. The minimum absolute atomic E-state index is 0.236. The molecule has 0 N–H and O–H groups in total. The highest BCUT2D eigenvalue weighted by Gasteiger charge is 2.48. The molecule has 1 amide bonds. The second-order valence-corrected chi connectivity index (χ2v) is 6.89. The molecule has 0 aromatic heterocycles. The summed E-state index contributed by atoms with van der Waals surface area (Å²) in [5.41, 5.74) is -0.196. The molecule has 6 heteroatoms. The van der Waals surface area contributed by atoms with Crippen LogP contribution in [0, 0.1) is 11.3 Å². The van der Waals surface area contributed by atoms with Gasteiger partial charge >= 0.3 is 0 Å². The molecule has 23 heavy (non-hydrogen) atoms. The van der Waals surface area contributed by atoms with E-state index in [0.29, 0.717) is 23.7 Å². The Kier molecular flexibility index (Phi) is 4.82. The highest BCUT2D eigenvalue weighted by molar-refractivity contribution is 6.43. The van der Waals surface area contributed by atoms with Gasteiger partial charge in [0.15, 0.2) is 0 Å². The van der Waals surface area contributed by atoms with Gasteiger partial charge in [-0.15, -0.1) is 0 Å². The number of amides is 1. The Hall–Kier alpha value is -1.28. The Morgan fingerprint density at radius 3 is 2.78 bits per heavy atom. The van der Waals surface area contributed by atoms with E-state index in [4.69, 9.17) is 27.9 Å². The summed E-state index contributed by atoms with van der Waals surface area (Å²) in [6, 6.07) is 6.70. The van der Waals surface area contributed by atoms with Crippen LogP contribution in [-0.2, 0) is 4.74 Å². The number of nitriles is 1. The Labute approximate surface area is 145 Å². The lowest BCUT2D eigenvalue weighted by molar-refractivity contribution is -0.128. The molecule has 2 saturated heterocycles. The van der Waals surface area contributed by atoms with Gasteiger partial charge in [0.2, 0.25) is 0 Å². The predicted octanol–water partition coefficient (Wildman–Crippen LogP) is 4.06. The normalized spacial score (nSPS) is 27.7. The van der Waals surface area contributed by atoms with Gasteiger partial charge in [0.05, 0.1) is 21.7 Å². The fourth-order valence-electron chi connectivity index (χ4n) is 3.61. The molecule has 2 fully saturated rings. The summed E-state index contributed by atoms with van der Waals surface area (Å²) >= 11 is 12.2. The molecule has 0 aliphatic carbocycles. The van der Waals surface area contributed by atoms with Crippen molar-refractivity contribution in [3.63, 3.8) is 0 Å². The first-order chi connectivity index (χ1) is 11.1. The molecule has 122 valence electrons. The van der Waals surface area contributed by atoms with Gasteiger partial charge in [-0.05, 0) is 44.2 Å². The highest BCUT2D eigenvalue weighted by atomic mass is 35.5. The highest BCUT2D eigenvalue weighted by Crippen LogP contribution is 2.39. The molecule has 3 rings (SSSR count). The maximum Gasteiger partial charge on any atom is 0.256 e. The SMILES string of the molecule is N#C[C@H]1N(C(=O)c2cccc(Cl)c2Cl)CCC[C@@]12CCCCO2. The third-order valence-corrected chi connectivity index (χ3v) is 5.58. The van der Waals surface area contributed by atoms with Crippen LogP contribution in [-0.4, -0.2) is 35.6 Å². The molecule has 1 aromatic carbocycles. The number of likely N-dealkylation sites (tertiary alicyclic amines) is 1. The first-order valence-corrected chi connectivity index (χ1v) is 8.63. The summed E-state index contributed by atoms with van der Waals surface area (Å²) in [4.78, 5) is 14.5. The van der Waals surface area contributed by atoms with E-state index in [1.54, 1.807) is 23.1 Å². The van der Waals surface area contributed by atoms with Gasteiger partial charge in [-0.3, -0.25) is 4.79 Å². The van der Waals surface area contributed by atoms with Crippen molar-refractivity contribution in [1.29, 1.82) is 5.26 Å². The maximum atomic E-state index is 12.9. The molecule has 2 heterocycles. The van der Waals surface area contributed by atoms with E-state index >= 15 is 0 Å². The number of rotatable bonds is 1. The van der Waals surface area contributed by atoms with Gasteiger partial charge in [0, 0.05) is 13.2 Å². The third-order valence-electron chi connectivity index (χ3n) is 4.76. The smallest absolute Gasteiger partial charge is 0.256 e. The van der Waals surface area contributed by atoms with E-state index in [-0.39, 0.29) is 10.9 Å². The van der Waals surface area contributed by atoms with E-state index in [0.717, 1.165) is 32.1 Å². The number of benzene rings is 1. The van der Waals surface area contributed by atoms with Crippen LogP contribution in [0.5, 0.6) is 0 Å². The topological polar surface area (TPSA) is 53.3 Å². The minimum atomic E-state index is -0.584. The standard InChI is InChI=1S/C17H18Cl2N2O2/c18-13-6-3-5-12(15(13)19)16(22)21-9-4-8-17(14(21)11-20)7-1-2-10-23-17/h3,5-6,14H,1-2,4,7-10H2/t14-,17+/m1/s1. The molecular formula is C17H18Cl2N2O2. The Bertz CT molecular complexity index is 645. The second-order valence-electron chi connectivity index (χ2n) is 6.11. The molecule has 2 aliphatic heterocycles. The number of ether oxygens (including phenoxy) is 1. The first-order valence-electron chi connectivity index (χ1n) is 7.88. The van der Waals surface area contributed by atoms with Crippen molar-refractivity contribution in [2.24, 2.45) is 0 Å². The molecule has 1 aromatic rings. The molecule has 0 saturated carbocycles. The van der Waals surface area contributed by atoms with Crippen molar-refractivity contribution in [2.75, 3.05) is 13.2 Å². The number of hydrogen-bond donors (Lipinski definition) is 0. The predicted molar refractivity (Wildman–Crippen MR) is 88.7 cm³/mol. The maximum absolute atomic E-state index is 12.9. The van der Waals surface area contributed by atoms with E-state index in [2.05, 4.69) is 6.07 Å². The van der Waals surface area contributed by atoms with E-state index in [1.165, 1.54) is 0 Å². The van der Waals surface area contributed by atoms with Crippen LogP contribution >= 0.6 is 23.2 Å². The van der Waals surface area contributed by atoms with Crippen molar-refractivity contribution in [1.82, 2.24) is 4.90 Å². The monoisotopic (exact) mass is 352 g/mol. The molecule has 4 nitrogen and oxygen atoms in total.